The number of carbonyl (C=O) groups is 1. The summed E-state index contributed by atoms with van der Waals surface area (Å²) in [5, 5.41) is 0. The van der Waals surface area contributed by atoms with Gasteiger partial charge in [-0.25, -0.2) is 0 Å². The Bertz CT molecular complexity index is 167. The lowest BCUT2D eigenvalue weighted by molar-refractivity contribution is -0.130. The van der Waals surface area contributed by atoms with Crippen LogP contribution in [-0.4, -0.2) is 29.9 Å². The zero-order chi connectivity index (χ0) is 8.27. The zero-order valence-corrected chi connectivity index (χ0v) is 6.79. The Kier molecular flexibility index (Phi) is 2.65. The molecule has 1 aliphatic rings. The number of hydrogen-bond donors (Lipinski definition) is 1. The summed E-state index contributed by atoms with van der Waals surface area (Å²) in [4.78, 5) is 13.1. The normalized spacial score (nSPS) is 18.9. The lowest BCUT2D eigenvalue weighted by atomic mass is 10.2. The van der Waals surface area contributed by atoms with Crippen molar-refractivity contribution in [3.63, 3.8) is 0 Å². The van der Waals surface area contributed by atoms with Crippen LogP contribution in [0.5, 0.6) is 0 Å². The van der Waals surface area contributed by atoms with Crippen molar-refractivity contribution in [3.8, 4) is 0 Å². The second-order valence-corrected chi connectivity index (χ2v) is 2.95. The highest BCUT2D eigenvalue weighted by Crippen LogP contribution is 2.02. The van der Waals surface area contributed by atoms with Gasteiger partial charge in [-0.2, -0.15) is 0 Å². The molecule has 1 aliphatic heterocycles. The predicted octanol–water partition coefficient (Wildman–Crippen LogP) is 0.122. The van der Waals surface area contributed by atoms with Crippen LogP contribution in [0.25, 0.3) is 0 Å². The van der Waals surface area contributed by atoms with Crippen molar-refractivity contribution in [1.82, 2.24) is 4.90 Å². The van der Waals surface area contributed by atoms with Crippen LogP contribution in [0, 0.1) is 0 Å². The monoisotopic (exact) mass is 154 g/mol. The molecule has 0 saturated heterocycles. The maximum atomic E-state index is 11.3. The van der Waals surface area contributed by atoms with Gasteiger partial charge in [-0.1, -0.05) is 12.2 Å². The molecule has 0 aromatic heterocycles. The minimum absolute atomic E-state index is 0.0249. The number of nitrogens with zero attached hydrogens (tertiary/aromatic N) is 1. The third kappa shape index (κ3) is 2.35. The van der Waals surface area contributed by atoms with Crippen molar-refractivity contribution in [2.75, 3.05) is 13.1 Å². The van der Waals surface area contributed by atoms with Gasteiger partial charge in [0.2, 0.25) is 5.91 Å². The quantitative estimate of drug-likeness (QED) is 0.574. The summed E-state index contributed by atoms with van der Waals surface area (Å²) in [6, 6.07) is -0.0249. The predicted molar refractivity (Wildman–Crippen MR) is 44.0 cm³/mol. The van der Waals surface area contributed by atoms with Gasteiger partial charge in [-0.3, -0.25) is 4.79 Å². The Balaban J connectivity index is 2.30. The molecule has 0 fully saturated rings. The van der Waals surface area contributed by atoms with Gasteiger partial charge in [0.05, 0.1) is 0 Å². The van der Waals surface area contributed by atoms with Crippen molar-refractivity contribution in [3.05, 3.63) is 12.2 Å². The fourth-order valence-corrected chi connectivity index (χ4v) is 1.09. The van der Waals surface area contributed by atoms with Gasteiger partial charge in [-0.15, -0.1) is 0 Å². The number of nitrogens with two attached hydrogens (primary N) is 1. The molecule has 0 radical (unpaired) electrons. The summed E-state index contributed by atoms with van der Waals surface area (Å²) in [5.74, 6) is 0.157. The molecule has 0 spiro atoms. The average Bonchev–Trinajstić information content (AvgIpc) is 2.35. The van der Waals surface area contributed by atoms with Gasteiger partial charge in [-0.05, 0) is 6.92 Å². The summed E-state index contributed by atoms with van der Waals surface area (Å²) in [6.45, 7) is 3.36. The van der Waals surface area contributed by atoms with E-state index >= 15 is 0 Å². The van der Waals surface area contributed by atoms with Crippen molar-refractivity contribution >= 4 is 5.91 Å². The summed E-state index contributed by atoms with van der Waals surface area (Å²) in [5.41, 5.74) is 5.49. The molecule has 0 aromatic rings. The molecule has 3 nitrogen and oxygen atoms in total. The first-order valence-electron chi connectivity index (χ1n) is 3.88. The SMILES string of the molecule is CC(N)CC(=O)N1CC=CC1. The first-order chi connectivity index (χ1) is 5.20. The summed E-state index contributed by atoms with van der Waals surface area (Å²) >= 11 is 0. The highest BCUT2D eigenvalue weighted by atomic mass is 16.2. The van der Waals surface area contributed by atoms with Crippen LogP contribution in [0.1, 0.15) is 13.3 Å². The Labute approximate surface area is 66.9 Å². The van der Waals surface area contributed by atoms with E-state index in [2.05, 4.69) is 0 Å². The van der Waals surface area contributed by atoms with E-state index in [1.54, 1.807) is 4.90 Å². The first kappa shape index (κ1) is 8.27. The van der Waals surface area contributed by atoms with E-state index in [1.807, 2.05) is 19.1 Å². The average molecular weight is 154 g/mol. The van der Waals surface area contributed by atoms with E-state index in [0.717, 1.165) is 13.1 Å². The molecule has 0 aliphatic carbocycles. The minimum atomic E-state index is -0.0249. The summed E-state index contributed by atoms with van der Waals surface area (Å²) in [7, 11) is 0. The molecule has 0 bridgehead atoms. The van der Waals surface area contributed by atoms with Crippen LogP contribution in [0.4, 0.5) is 0 Å². The molecular formula is C8H14N2O. The molecule has 0 aromatic carbocycles. The fourth-order valence-electron chi connectivity index (χ4n) is 1.09. The Morgan fingerprint density at radius 1 is 1.64 bits per heavy atom. The molecule has 1 unspecified atom stereocenters. The van der Waals surface area contributed by atoms with E-state index in [0.29, 0.717) is 6.42 Å². The summed E-state index contributed by atoms with van der Waals surface area (Å²) < 4.78 is 0. The maximum Gasteiger partial charge on any atom is 0.224 e. The van der Waals surface area contributed by atoms with E-state index in [4.69, 9.17) is 5.73 Å². The molecular weight excluding hydrogens is 140 g/mol. The molecule has 0 saturated carbocycles. The molecule has 1 rings (SSSR count). The van der Waals surface area contributed by atoms with E-state index in [-0.39, 0.29) is 11.9 Å². The second-order valence-electron chi connectivity index (χ2n) is 2.95. The highest BCUT2D eigenvalue weighted by Gasteiger charge is 2.14. The van der Waals surface area contributed by atoms with Gasteiger partial charge in [0.25, 0.3) is 0 Å². The van der Waals surface area contributed by atoms with Gasteiger partial charge in [0.1, 0.15) is 0 Å². The molecule has 3 heteroatoms. The van der Waals surface area contributed by atoms with Crippen LogP contribution in [0.3, 0.4) is 0 Å². The van der Waals surface area contributed by atoms with Crippen LogP contribution in [0.2, 0.25) is 0 Å². The van der Waals surface area contributed by atoms with Crippen LogP contribution in [0.15, 0.2) is 12.2 Å². The number of carbonyl (C=O) groups excluding carboxylic acids is 1. The smallest absolute Gasteiger partial charge is 0.224 e. The van der Waals surface area contributed by atoms with Crippen molar-refractivity contribution in [1.29, 1.82) is 0 Å². The number of amides is 1. The lowest BCUT2D eigenvalue weighted by Crippen LogP contribution is -2.32. The molecule has 11 heavy (non-hydrogen) atoms. The first-order valence-corrected chi connectivity index (χ1v) is 3.88. The van der Waals surface area contributed by atoms with Gasteiger partial charge >= 0.3 is 0 Å². The van der Waals surface area contributed by atoms with E-state index in [1.165, 1.54) is 0 Å². The Morgan fingerprint density at radius 3 is 2.64 bits per heavy atom. The minimum Gasteiger partial charge on any atom is -0.335 e. The topological polar surface area (TPSA) is 46.3 Å². The maximum absolute atomic E-state index is 11.3. The lowest BCUT2D eigenvalue weighted by Gasteiger charge is -2.16. The van der Waals surface area contributed by atoms with Crippen LogP contribution >= 0.6 is 0 Å². The molecule has 2 N–H and O–H groups in total. The van der Waals surface area contributed by atoms with Crippen molar-refractivity contribution in [2.24, 2.45) is 5.73 Å². The van der Waals surface area contributed by atoms with E-state index in [9.17, 15) is 4.79 Å². The van der Waals surface area contributed by atoms with Crippen LogP contribution < -0.4 is 5.73 Å². The molecule has 62 valence electrons. The summed E-state index contributed by atoms with van der Waals surface area (Å²) in [6.07, 6.45) is 4.46. The van der Waals surface area contributed by atoms with Crippen molar-refractivity contribution < 1.29 is 4.79 Å². The third-order valence-electron chi connectivity index (χ3n) is 1.67. The van der Waals surface area contributed by atoms with Crippen molar-refractivity contribution in [2.45, 2.75) is 19.4 Å². The molecule has 1 atom stereocenters. The van der Waals surface area contributed by atoms with Gasteiger partial charge < -0.3 is 10.6 Å². The molecule has 1 amide bonds. The van der Waals surface area contributed by atoms with Crippen LogP contribution in [-0.2, 0) is 4.79 Å². The largest absolute Gasteiger partial charge is 0.335 e. The standard InChI is InChI=1S/C8H14N2O/c1-7(9)6-8(11)10-4-2-3-5-10/h2-3,7H,4-6,9H2,1H3. The number of rotatable bonds is 2. The third-order valence-corrected chi connectivity index (χ3v) is 1.67. The van der Waals surface area contributed by atoms with Gasteiger partial charge in [0, 0.05) is 25.6 Å². The van der Waals surface area contributed by atoms with E-state index < -0.39 is 0 Å². The number of hydrogen-bond acceptors (Lipinski definition) is 2. The fraction of sp³-hybridized carbons (Fsp3) is 0.625. The highest BCUT2D eigenvalue weighted by molar-refractivity contribution is 5.77. The van der Waals surface area contributed by atoms with Gasteiger partial charge in [0.15, 0.2) is 0 Å². The molecule has 1 heterocycles. The second kappa shape index (κ2) is 3.53. The zero-order valence-electron chi connectivity index (χ0n) is 6.79. The Hall–Kier alpha value is -0.830. The Morgan fingerprint density at radius 2 is 2.18 bits per heavy atom.